The number of hydrogen-bond acceptors (Lipinski definition) is 4. The molecule has 0 aliphatic rings. The smallest absolute Gasteiger partial charge is 0.305 e. The van der Waals surface area contributed by atoms with E-state index in [1.54, 1.807) is 6.07 Å². The van der Waals surface area contributed by atoms with E-state index in [1.807, 2.05) is 0 Å². The first-order valence-corrected chi connectivity index (χ1v) is 12.0. The second-order valence-electron chi connectivity index (χ2n) is 7.75. The molecule has 0 spiro atoms. The van der Waals surface area contributed by atoms with Crippen LogP contribution in [0.3, 0.4) is 0 Å². The number of ether oxygens (including phenoxy) is 1. The van der Waals surface area contributed by atoms with Gasteiger partial charge >= 0.3 is 5.97 Å². The lowest BCUT2D eigenvalue weighted by atomic mass is 10.1. The van der Waals surface area contributed by atoms with Crippen molar-refractivity contribution in [3.8, 4) is 11.5 Å². The number of phenolic OH excluding ortho intramolecular Hbond substituents is 2. The number of hydrogen-bond donors (Lipinski definition) is 2. The van der Waals surface area contributed by atoms with Gasteiger partial charge in [0, 0.05) is 6.42 Å². The summed E-state index contributed by atoms with van der Waals surface area (Å²) in [5.74, 6) is -0.423. The van der Waals surface area contributed by atoms with Gasteiger partial charge in [0.1, 0.15) is 0 Å². The number of carbonyl (C=O) groups is 1. The van der Waals surface area contributed by atoms with Crippen LogP contribution in [0.15, 0.2) is 79.0 Å². The Hall–Kier alpha value is -3.01. The van der Waals surface area contributed by atoms with Gasteiger partial charge < -0.3 is 14.9 Å². The summed E-state index contributed by atoms with van der Waals surface area (Å²) in [7, 11) is 0. The Kier molecular flexibility index (Phi) is 16.7. The van der Waals surface area contributed by atoms with Gasteiger partial charge in [0.2, 0.25) is 0 Å². The molecule has 0 aliphatic heterocycles. The molecule has 4 nitrogen and oxygen atoms in total. The Labute approximate surface area is 199 Å². The summed E-state index contributed by atoms with van der Waals surface area (Å²) < 4.78 is 5.25. The summed E-state index contributed by atoms with van der Waals surface area (Å²) in [6.07, 6.45) is 30.2. The summed E-state index contributed by atoms with van der Waals surface area (Å²) in [6, 6.07) is 4.75. The quantitative estimate of drug-likeness (QED) is 0.111. The average molecular weight is 453 g/mol. The summed E-state index contributed by atoms with van der Waals surface area (Å²) in [5, 5.41) is 18.8. The van der Waals surface area contributed by atoms with Gasteiger partial charge in [-0.2, -0.15) is 0 Å². The fraction of sp³-hybridized carbons (Fsp3) is 0.414. The Bertz CT molecular complexity index is 800. The number of unbranched alkanes of at least 4 members (excludes halogenated alkanes) is 1. The molecule has 0 bridgehead atoms. The molecule has 0 unspecified atom stereocenters. The molecule has 0 radical (unpaired) electrons. The molecular formula is C29H40O4. The van der Waals surface area contributed by atoms with Gasteiger partial charge in [-0.25, -0.2) is 0 Å². The van der Waals surface area contributed by atoms with Gasteiger partial charge in [-0.15, -0.1) is 0 Å². The largest absolute Gasteiger partial charge is 0.504 e. The molecule has 0 fully saturated rings. The van der Waals surface area contributed by atoms with Crippen molar-refractivity contribution >= 4 is 5.97 Å². The molecule has 1 aromatic rings. The van der Waals surface area contributed by atoms with E-state index in [4.69, 9.17) is 4.74 Å². The van der Waals surface area contributed by atoms with Gasteiger partial charge in [0.05, 0.1) is 6.61 Å². The molecule has 0 aliphatic carbocycles. The lowest BCUT2D eigenvalue weighted by molar-refractivity contribution is -0.143. The maximum absolute atomic E-state index is 11.8. The third kappa shape index (κ3) is 16.3. The van der Waals surface area contributed by atoms with E-state index in [2.05, 4.69) is 67.7 Å². The first-order valence-electron chi connectivity index (χ1n) is 12.0. The number of aromatic hydroxyl groups is 2. The topological polar surface area (TPSA) is 66.8 Å². The highest BCUT2D eigenvalue weighted by molar-refractivity contribution is 5.69. The summed E-state index contributed by atoms with van der Waals surface area (Å²) in [4.78, 5) is 11.8. The van der Waals surface area contributed by atoms with E-state index in [-0.39, 0.29) is 17.5 Å². The number of aryl methyl sites for hydroxylation is 1. The average Bonchev–Trinajstić information content (AvgIpc) is 2.81. The predicted octanol–water partition coefficient (Wildman–Crippen LogP) is 7.50. The van der Waals surface area contributed by atoms with Gasteiger partial charge in [-0.3, -0.25) is 4.79 Å². The van der Waals surface area contributed by atoms with Crippen molar-refractivity contribution in [1.82, 2.24) is 0 Å². The Balaban J connectivity index is 1.97. The maximum atomic E-state index is 11.8. The predicted molar refractivity (Wildman–Crippen MR) is 137 cm³/mol. The Morgan fingerprint density at radius 1 is 0.788 bits per heavy atom. The monoisotopic (exact) mass is 452 g/mol. The fourth-order valence-corrected chi connectivity index (χ4v) is 2.99. The Morgan fingerprint density at radius 3 is 1.94 bits per heavy atom. The lowest BCUT2D eigenvalue weighted by Crippen LogP contribution is -2.06. The Morgan fingerprint density at radius 2 is 1.36 bits per heavy atom. The van der Waals surface area contributed by atoms with E-state index >= 15 is 0 Å². The minimum absolute atomic E-state index is 0.125. The molecule has 1 aromatic carbocycles. The summed E-state index contributed by atoms with van der Waals surface area (Å²) in [5.41, 5.74) is 0.903. The van der Waals surface area contributed by atoms with Crippen molar-refractivity contribution in [3.05, 3.63) is 84.5 Å². The van der Waals surface area contributed by atoms with Crippen LogP contribution in [-0.4, -0.2) is 22.8 Å². The number of benzene rings is 1. The molecule has 0 saturated carbocycles. The van der Waals surface area contributed by atoms with Crippen molar-refractivity contribution in [3.63, 3.8) is 0 Å². The van der Waals surface area contributed by atoms with Crippen molar-refractivity contribution in [2.24, 2.45) is 0 Å². The molecule has 0 atom stereocenters. The number of esters is 1. The van der Waals surface area contributed by atoms with E-state index in [9.17, 15) is 15.0 Å². The van der Waals surface area contributed by atoms with Crippen molar-refractivity contribution in [2.45, 2.75) is 71.1 Å². The summed E-state index contributed by atoms with van der Waals surface area (Å²) in [6.45, 7) is 2.51. The zero-order valence-electron chi connectivity index (χ0n) is 20.0. The molecule has 0 amide bonds. The van der Waals surface area contributed by atoms with Gasteiger partial charge in [0.25, 0.3) is 0 Å². The second-order valence-corrected chi connectivity index (χ2v) is 7.75. The molecule has 4 heteroatoms. The normalized spacial score (nSPS) is 12.3. The number of allylic oxidation sites excluding steroid dienone is 10. The van der Waals surface area contributed by atoms with Crippen LogP contribution in [-0.2, 0) is 16.0 Å². The van der Waals surface area contributed by atoms with E-state index in [0.717, 1.165) is 50.5 Å². The van der Waals surface area contributed by atoms with Gasteiger partial charge in [-0.1, -0.05) is 73.8 Å². The maximum Gasteiger partial charge on any atom is 0.305 e. The van der Waals surface area contributed by atoms with Crippen LogP contribution < -0.4 is 0 Å². The van der Waals surface area contributed by atoms with Crippen LogP contribution >= 0.6 is 0 Å². The third-order valence-electron chi connectivity index (χ3n) is 4.82. The van der Waals surface area contributed by atoms with Crippen molar-refractivity contribution < 1.29 is 19.7 Å². The van der Waals surface area contributed by atoms with Crippen LogP contribution in [0, 0.1) is 0 Å². The second kappa shape index (κ2) is 19.7. The highest BCUT2D eigenvalue weighted by atomic mass is 16.5. The zero-order valence-corrected chi connectivity index (χ0v) is 20.0. The fourth-order valence-electron chi connectivity index (χ4n) is 2.99. The highest BCUT2D eigenvalue weighted by Gasteiger charge is 2.03. The van der Waals surface area contributed by atoms with E-state index in [0.29, 0.717) is 25.9 Å². The van der Waals surface area contributed by atoms with Crippen LogP contribution in [0.4, 0.5) is 0 Å². The number of rotatable bonds is 17. The molecule has 1 rings (SSSR count). The van der Waals surface area contributed by atoms with Crippen LogP contribution in [0.5, 0.6) is 11.5 Å². The minimum Gasteiger partial charge on any atom is -0.504 e. The zero-order chi connectivity index (χ0) is 24.0. The van der Waals surface area contributed by atoms with Gasteiger partial charge in [-0.05, 0) is 75.5 Å². The molecule has 33 heavy (non-hydrogen) atoms. The van der Waals surface area contributed by atoms with Gasteiger partial charge in [0.15, 0.2) is 11.5 Å². The first-order chi connectivity index (χ1) is 16.1. The molecular weight excluding hydrogens is 412 g/mol. The number of phenols is 2. The molecule has 180 valence electrons. The minimum atomic E-state index is -0.170. The lowest BCUT2D eigenvalue weighted by Gasteiger charge is -2.05. The van der Waals surface area contributed by atoms with Crippen LogP contribution in [0.25, 0.3) is 0 Å². The third-order valence-corrected chi connectivity index (χ3v) is 4.82. The van der Waals surface area contributed by atoms with Crippen molar-refractivity contribution in [2.75, 3.05) is 6.61 Å². The van der Waals surface area contributed by atoms with E-state index < -0.39 is 0 Å². The highest BCUT2D eigenvalue weighted by Crippen LogP contribution is 2.25. The molecule has 0 saturated heterocycles. The molecule has 2 N–H and O–H groups in total. The van der Waals surface area contributed by atoms with Crippen LogP contribution in [0.1, 0.15) is 70.3 Å². The number of carbonyl (C=O) groups excluding carboxylic acids is 1. The summed E-state index contributed by atoms with van der Waals surface area (Å²) >= 11 is 0. The standard InChI is InChI=1S/C29H40O4/c1-2-3-4-5-6-7-8-9-10-11-12-13-14-15-16-17-18-21-29(32)33-24-19-20-26-22-23-27(30)28(31)25-26/h3-4,6-7,9-10,12-13,15-16,22-23,25,30-31H,2,5,8,11,14,17-21,24H2,1H3/b4-3-,7-6-,10-9-,13-12-,16-15-. The van der Waals surface area contributed by atoms with Crippen LogP contribution in [0.2, 0.25) is 0 Å². The van der Waals surface area contributed by atoms with E-state index in [1.165, 1.54) is 12.1 Å². The first kappa shape index (κ1) is 28.0. The van der Waals surface area contributed by atoms with Crippen molar-refractivity contribution in [1.29, 1.82) is 0 Å². The SMILES string of the molecule is CC/C=C\C/C=C\C/C=C\C/C=C\C/C=C\CCCC(=O)OCCCc1ccc(O)c(O)c1. The molecule has 0 aromatic heterocycles. The molecule has 0 heterocycles.